The third-order valence-corrected chi connectivity index (χ3v) is 6.64. The van der Waals surface area contributed by atoms with E-state index in [-0.39, 0.29) is 24.0 Å². The molecular formula is C27H32BrN3O5S. The second-order valence-electron chi connectivity index (χ2n) is 9.09. The first-order valence-electron chi connectivity index (χ1n) is 12.3. The Hall–Kier alpha value is -2.98. The first-order chi connectivity index (χ1) is 17.7. The Balaban J connectivity index is 1.61. The molecule has 8 nitrogen and oxygen atoms in total. The van der Waals surface area contributed by atoms with Crippen molar-refractivity contribution < 1.29 is 23.9 Å². The van der Waals surface area contributed by atoms with Gasteiger partial charge in [0.1, 0.15) is 11.8 Å². The lowest BCUT2D eigenvalue weighted by Crippen LogP contribution is -2.60. The van der Waals surface area contributed by atoms with Gasteiger partial charge in [-0.2, -0.15) is 0 Å². The minimum absolute atomic E-state index is 0.0649. The number of halogens is 1. The van der Waals surface area contributed by atoms with Crippen molar-refractivity contribution in [2.45, 2.75) is 39.2 Å². The van der Waals surface area contributed by atoms with E-state index in [1.807, 2.05) is 30.3 Å². The Morgan fingerprint density at radius 2 is 1.95 bits per heavy atom. The number of hydrogen-bond donors (Lipinski definition) is 2. The number of piperazine rings is 1. The Labute approximate surface area is 231 Å². The van der Waals surface area contributed by atoms with Crippen molar-refractivity contribution in [3.63, 3.8) is 0 Å². The van der Waals surface area contributed by atoms with Crippen LogP contribution in [0, 0.1) is 5.92 Å². The molecule has 0 aromatic heterocycles. The molecule has 1 aliphatic rings. The molecule has 0 bridgehead atoms. The maximum absolute atomic E-state index is 13.1. The SMILES string of the molecule is CC(C)CCOc1ccc(Br)cc1C(=O)NC(=S)N1CCNC(=O)C1CC(=O)OCCc1ccccc1. The van der Waals surface area contributed by atoms with Gasteiger partial charge in [-0.3, -0.25) is 19.7 Å². The topological polar surface area (TPSA) is 97.0 Å². The second kappa shape index (κ2) is 14.1. The van der Waals surface area contributed by atoms with Crippen molar-refractivity contribution in [2.75, 3.05) is 26.3 Å². The molecule has 1 fully saturated rings. The fraction of sp³-hybridized carbons (Fsp3) is 0.407. The molecule has 0 aliphatic carbocycles. The van der Waals surface area contributed by atoms with Gasteiger partial charge in [-0.25, -0.2) is 0 Å². The van der Waals surface area contributed by atoms with Crippen LogP contribution < -0.4 is 15.4 Å². The fourth-order valence-electron chi connectivity index (χ4n) is 3.75. The molecule has 1 unspecified atom stereocenters. The van der Waals surface area contributed by atoms with Gasteiger partial charge < -0.3 is 19.7 Å². The summed E-state index contributed by atoms with van der Waals surface area (Å²) in [5, 5.41) is 5.52. The number of hydrogen-bond acceptors (Lipinski definition) is 6. The maximum atomic E-state index is 13.1. The van der Waals surface area contributed by atoms with Crippen molar-refractivity contribution in [1.82, 2.24) is 15.5 Å². The highest BCUT2D eigenvalue weighted by Crippen LogP contribution is 2.24. The summed E-state index contributed by atoms with van der Waals surface area (Å²) in [5.74, 6) is -0.402. The number of nitrogens with one attached hydrogen (secondary N) is 2. The van der Waals surface area contributed by atoms with Gasteiger partial charge >= 0.3 is 5.97 Å². The third-order valence-electron chi connectivity index (χ3n) is 5.81. The van der Waals surface area contributed by atoms with Gasteiger partial charge in [0.15, 0.2) is 5.11 Å². The number of esters is 1. The summed E-state index contributed by atoms with van der Waals surface area (Å²) in [4.78, 5) is 39.8. The van der Waals surface area contributed by atoms with E-state index >= 15 is 0 Å². The molecule has 2 N–H and O–H groups in total. The maximum Gasteiger partial charge on any atom is 0.308 e. The highest BCUT2D eigenvalue weighted by molar-refractivity contribution is 9.10. The second-order valence-corrected chi connectivity index (χ2v) is 10.4. The van der Waals surface area contributed by atoms with E-state index in [1.54, 1.807) is 23.1 Å². The summed E-state index contributed by atoms with van der Waals surface area (Å²) >= 11 is 8.89. The highest BCUT2D eigenvalue weighted by Gasteiger charge is 2.34. The molecule has 10 heteroatoms. The summed E-state index contributed by atoms with van der Waals surface area (Å²) in [6.45, 7) is 5.58. The molecule has 37 heavy (non-hydrogen) atoms. The molecule has 2 amide bonds. The first kappa shape index (κ1) is 28.6. The van der Waals surface area contributed by atoms with E-state index in [0.29, 0.717) is 47.8 Å². The Bertz CT molecular complexity index is 1110. The molecule has 2 aromatic rings. The third kappa shape index (κ3) is 8.82. The Kier molecular flexibility index (Phi) is 10.9. The zero-order valence-corrected chi connectivity index (χ0v) is 23.4. The lowest BCUT2D eigenvalue weighted by atomic mass is 10.1. The average Bonchev–Trinajstić information content (AvgIpc) is 2.86. The molecule has 1 heterocycles. The highest BCUT2D eigenvalue weighted by atomic mass is 79.9. The Morgan fingerprint density at radius 1 is 1.19 bits per heavy atom. The van der Waals surface area contributed by atoms with Gasteiger partial charge in [0.25, 0.3) is 5.91 Å². The van der Waals surface area contributed by atoms with Crippen molar-refractivity contribution >= 4 is 51.0 Å². The van der Waals surface area contributed by atoms with Crippen LogP contribution in [-0.2, 0) is 20.7 Å². The van der Waals surface area contributed by atoms with E-state index < -0.39 is 17.9 Å². The van der Waals surface area contributed by atoms with Crippen LogP contribution in [0.5, 0.6) is 5.75 Å². The normalized spacial score (nSPS) is 15.2. The quantitative estimate of drug-likeness (QED) is 0.321. The summed E-state index contributed by atoms with van der Waals surface area (Å²) < 4.78 is 11.9. The van der Waals surface area contributed by atoms with Crippen LogP contribution in [-0.4, -0.2) is 60.1 Å². The molecule has 0 saturated carbocycles. The van der Waals surface area contributed by atoms with Gasteiger partial charge in [-0.1, -0.05) is 60.1 Å². The monoisotopic (exact) mass is 589 g/mol. The molecule has 1 aliphatic heterocycles. The molecule has 1 atom stereocenters. The van der Waals surface area contributed by atoms with E-state index in [1.165, 1.54) is 0 Å². The standard InChI is InChI=1S/C27H32BrN3O5S/c1-18(2)10-14-35-23-9-8-20(28)16-21(23)25(33)30-27(37)31-13-12-29-26(34)22(31)17-24(32)36-15-11-19-6-4-3-5-7-19/h3-9,16,18,22H,10-15,17H2,1-2H3,(H,29,34)(H,30,33,37). The predicted molar refractivity (Wildman–Crippen MR) is 148 cm³/mol. The average molecular weight is 591 g/mol. The molecule has 0 spiro atoms. The Morgan fingerprint density at radius 3 is 2.68 bits per heavy atom. The predicted octanol–water partition coefficient (Wildman–Crippen LogP) is 3.87. The summed E-state index contributed by atoms with van der Waals surface area (Å²) in [6.07, 6.45) is 1.24. The molecule has 1 saturated heterocycles. The smallest absolute Gasteiger partial charge is 0.308 e. The molecule has 0 radical (unpaired) electrons. The number of amides is 2. The van der Waals surface area contributed by atoms with Gasteiger partial charge in [0.05, 0.1) is 25.2 Å². The van der Waals surface area contributed by atoms with E-state index in [0.717, 1.165) is 12.0 Å². The van der Waals surface area contributed by atoms with Gasteiger partial charge in [-0.05, 0) is 48.3 Å². The van der Waals surface area contributed by atoms with Crippen molar-refractivity contribution in [2.24, 2.45) is 5.92 Å². The van der Waals surface area contributed by atoms with Crippen LogP contribution in [0.2, 0.25) is 0 Å². The molecule has 198 valence electrons. The van der Waals surface area contributed by atoms with Crippen LogP contribution in [0.25, 0.3) is 0 Å². The number of carbonyl (C=O) groups is 3. The number of thiocarbonyl (C=S) groups is 1. The van der Waals surface area contributed by atoms with Gasteiger partial charge in [0.2, 0.25) is 5.91 Å². The number of nitrogens with zero attached hydrogens (tertiary/aromatic N) is 1. The minimum Gasteiger partial charge on any atom is -0.493 e. The van der Waals surface area contributed by atoms with E-state index in [4.69, 9.17) is 21.7 Å². The van der Waals surface area contributed by atoms with E-state index in [2.05, 4.69) is 40.4 Å². The lowest BCUT2D eigenvalue weighted by molar-refractivity contribution is -0.147. The summed E-state index contributed by atoms with van der Waals surface area (Å²) in [7, 11) is 0. The first-order valence-corrected chi connectivity index (χ1v) is 13.5. The van der Waals surface area contributed by atoms with Crippen molar-refractivity contribution in [3.05, 3.63) is 64.1 Å². The van der Waals surface area contributed by atoms with E-state index in [9.17, 15) is 14.4 Å². The molecular weight excluding hydrogens is 558 g/mol. The number of ether oxygens (including phenoxy) is 2. The summed E-state index contributed by atoms with van der Waals surface area (Å²) in [5.41, 5.74) is 1.37. The zero-order valence-electron chi connectivity index (χ0n) is 21.0. The number of carbonyl (C=O) groups excluding carboxylic acids is 3. The largest absolute Gasteiger partial charge is 0.493 e. The van der Waals surface area contributed by atoms with Crippen LogP contribution in [0.3, 0.4) is 0 Å². The molecule has 3 rings (SSSR count). The zero-order chi connectivity index (χ0) is 26.8. The lowest BCUT2D eigenvalue weighted by Gasteiger charge is -2.36. The fourth-order valence-corrected chi connectivity index (χ4v) is 4.42. The van der Waals surface area contributed by atoms with Crippen molar-refractivity contribution in [1.29, 1.82) is 0 Å². The number of rotatable bonds is 10. The minimum atomic E-state index is -0.880. The van der Waals surface area contributed by atoms with Crippen LogP contribution in [0.15, 0.2) is 53.0 Å². The van der Waals surface area contributed by atoms with Crippen molar-refractivity contribution in [3.8, 4) is 5.75 Å². The summed E-state index contributed by atoms with van der Waals surface area (Å²) in [6, 6.07) is 14.0. The molecule has 2 aromatic carbocycles. The van der Waals surface area contributed by atoms with Crippen LogP contribution in [0.1, 0.15) is 42.6 Å². The van der Waals surface area contributed by atoms with Gasteiger partial charge in [0, 0.05) is 24.0 Å². The van der Waals surface area contributed by atoms with Crippen LogP contribution in [0.4, 0.5) is 0 Å². The number of benzene rings is 2. The van der Waals surface area contributed by atoms with Crippen LogP contribution >= 0.6 is 28.1 Å². The van der Waals surface area contributed by atoms with Gasteiger partial charge in [-0.15, -0.1) is 0 Å².